The van der Waals surface area contributed by atoms with Crippen molar-refractivity contribution in [1.29, 1.82) is 0 Å². The number of pyridine rings is 2. The lowest BCUT2D eigenvalue weighted by Gasteiger charge is -2.14. The number of anilines is 1. The highest BCUT2D eigenvalue weighted by Crippen LogP contribution is 2.28. The molecule has 0 saturated carbocycles. The molecule has 2 N–H and O–H groups in total. The minimum absolute atomic E-state index is 0.175. The van der Waals surface area contributed by atoms with Crippen LogP contribution in [0.2, 0.25) is 0 Å². The standard InChI is InChI=1S/C14H13F3N4O/c1-9(10-4-3-7-18-8-10)19-13(22)21-12-6-2-5-11(20-12)14(15,16)17/h2-9H,1H3,(H2,19,20,21,22). The summed E-state index contributed by atoms with van der Waals surface area (Å²) in [6.07, 6.45) is -1.37. The number of amides is 2. The third-order valence-corrected chi connectivity index (χ3v) is 2.81. The van der Waals surface area contributed by atoms with Crippen LogP contribution in [-0.4, -0.2) is 16.0 Å². The predicted molar refractivity (Wildman–Crippen MR) is 74.0 cm³/mol. The quantitative estimate of drug-likeness (QED) is 0.913. The number of carbonyl (C=O) groups is 1. The summed E-state index contributed by atoms with van der Waals surface area (Å²) in [6, 6.07) is 5.80. The maximum Gasteiger partial charge on any atom is 0.433 e. The second kappa shape index (κ2) is 6.42. The number of urea groups is 1. The van der Waals surface area contributed by atoms with Crippen molar-refractivity contribution in [2.75, 3.05) is 5.32 Å². The van der Waals surface area contributed by atoms with Crippen LogP contribution in [0, 0.1) is 0 Å². The highest BCUT2D eigenvalue weighted by molar-refractivity contribution is 5.88. The van der Waals surface area contributed by atoms with Crippen molar-refractivity contribution in [2.45, 2.75) is 19.1 Å². The van der Waals surface area contributed by atoms with Crippen LogP contribution >= 0.6 is 0 Å². The Bertz CT molecular complexity index is 646. The van der Waals surface area contributed by atoms with Crippen LogP contribution in [0.15, 0.2) is 42.7 Å². The van der Waals surface area contributed by atoms with Crippen molar-refractivity contribution in [3.8, 4) is 0 Å². The summed E-state index contributed by atoms with van der Waals surface area (Å²) in [5, 5.41) is 4.87. The SMILES string of the molecule is CC(NC(=O)Nc1cccc(C(F)(F)F)n1)c1cccnc1. The Hall–Kier alpha value is -2.64. The van der Waals surface area contributed by atoms with Gasteiger partial charge in [0, 0.05) is 12.4 Å². The summed E-state index contributed by atoms with van der Waals surface area (Å²) < 4.78 is 37.6. The Morgan fingerprint density at radius 3 is 2.64 bits per heavy atom. The Balaban J connectivity index is 2.01. The third-order valence-electron chi connectivity index (χ3n) is 2.81. The van der Waals surface area contributed by atoms with Gasteiger partial charge in [0.05, 0.1) is 6.04 Å². The molecule has 116 valence electrons. The van der Waals surface area contributed by atoms with E-state index in [1.54, 1.807) is 31.5 Å². The molecule has 2 heterocycles. The summed E-state index contributed by atoms with van der Waals surface area (Å²) in [5.74, 6) is -0.175. The molecule has 0 aromatic carbocycles. The lowest BCUT2D eigenvalue weighted by molar-refractivity contribution is -0.141. The second-order valence-corrected chi connectivity index (χ2v) is 4.51. The van der Waals surface area contributed by atoms with E-state index in [1.165, 1.54) is 12.1 Å². The summed E-state index contributed by atoms with van der Waals surface area (Å²) in [4.78, 5) is 19.1. The molecule has 1 atom stereocenters. The monoisotopic (exact) mass is 310 g/mol. The first kappa shape index (κ1) is 15.7. The van der Waals surface area contributed by atoms with Crippen LogP contribution < -0.4 is 10.6 Å². The van der Waals surface area contributed by atoms with E-state index in [0.29, 0.717) is 0 Å². The molecule has 0 aliphatic heterocycles. The number of nitrogens with zero attached hydrogens (tertiary/aromatic N) is 2. The van der Waals surface area contributed by atoms with E-state index < -0.39 is 17.9 Å². The fourth-order valence-electron chi connectivity index (χ4n) is 1.73. The van der Waals surface area contributed by atoms with Crippen molar-refractivity contribution >= 4 is 11.8 Å². The number of carbonyl (C=O) groups excluding carboxylic acids is 1. The van der Waals surface area contributed by atoms with Gasteiger partial charge in [-0.3, -0.25) is 10.3 Å². The van der Waals surface area contributed by atoms with E-state index in [2.05, 4.69) is 20.6 Å². The molecule has 2 aromatic heterocycles. The van der Waals surface area contributed by atoms with Gasteiger partial charge in [0.2, 0.25) is 0 Å². The molecule has 0 radical (unpaired) electrons. The van der Waals surface area contributed by atoms with Crippen LogP contribution in [0.25, 0.3) is 0 Å². The van der Waals surface area contributed by atoms with Crippen molar-refractivity contribution in [1.82, 2.24) is 15.3 Å². The van der Waals surface area contributed by atoms with E-state index in [0.717, 1.165) is 11.6 Å². The third kappa shape index (κ3) is 4.18. The summed E-state index contributed by atoms with van der Waals surface area (Å²) in [6.45, 7) is 1.73. The average molecular weight is 310 g/mol. The van der Waals surface area contributed by atoms with E-state index >= 15 is 0 Å². The largest absolute Gasteiger partial charge is 0.433 e. The fourth-order valence-corrected chi connectivity index (χ4v) is 1.73. The summed E-state index contributed by atoms with van der Waals surface area (Å²) >= 11 is 0. The average Bonchev–Trinajstić information content (AvgIpc) is 2.47. The molecule has 2 amide bonds. The Labute approximate surface area is 124 Å². The zero-order chi connectivity index (χ0) is 16.2. The summed E-state index contributed by atoms with van der Waals surface area (Å²) in [5.41, 5.74) is -0.291. The molecule has 2 rings (SSSR count). The molecule has 0 fully saturated rings. The van der Waals surface area contributed by atoms with Gasteiger partial charge in [-0.05, 0) is 30.7 Å². The van der Waals surface area contributed by atoms with Gasteiger partial charge >= 0.3 is 12.2 Å². The van der Waals surface area contributed by atoms with E-state index in [-0.39, 0.29) is 11.9 Å². The highest BCUT2D eigenvalue weighted by atomic mass is 19.4. The zero-order valence-corrected chi connectivity index (χ0v) is 11.6. The van der Waals surface area contributed by atoms with Gasteiger partial charge in [-0.25, -0.2) is 9.78 Å². The molecule has 1 unspecified atom stereocenters. The van der Waals surface area contributed by atoms with Gasteiger partial charge < -0.3 is 5.32 Å². The van der Waals surface area contributed by atoms with E-state index in [4.69, 9.17) is 0 Å². The van der Waals surface area contributed by atoms with Crippen molar-refractivity contribution in [3.05, 3.63) is 54.0 Å². The molecular weight excluding hydrogens is 297 g/mol. The van der Waals surface area contributed by atoms with Crippen molar-refractivity contribution < 1.29 is 18.0 Å². The predicted octanol–water partition coefficient (Wildman–Crippen LogP) is 3.38. The van der Waals surface area contributed by atoms with Crippen molar-refractivity contribution in [3.63, 3.8) is 0 Å². The first-order valence-electron chi connectivity index (χ1n) is 6.38. The number of hydrogen-bond donors (Lipinski definition) is 2. The Kier molecular flexibility index (Phi) is 4.59. The fraction of sp³-hybridized carbons (Fsp3) is 0.214. The maximum atomic E-state index is 12.5. The molecule has 5 nitrogen and oxygen atoms in total. The number of aromatic nitrogens is 2. The molecular formula is C14H13F3N4O. The van der Waals surface area contributed by atoms with Gasteiger partial charge in [-0.15, -0.1) is 0 Å². The number of halogens is 3. The van der Waals surface area contributed by atoms with E-state index in [9.17, 15) is 18.0 Å². The molecule has 0 aliphatic carbocycles. The molecule has 22 heavy (non-hydrogen) atoms. The Morgan fingerprint density at radius 2 is 2.00 bits per heavy atom. The van der Waals surface area contributed by atoms with Gasteiger partial charge in [-0.1, -0.05) is 12.1 Å². The first-order valence-corrected chi connectivity index (χ1v) is 6.38. The number of hydrogen-bond acceptors (Lipinski definition) is 3. The molecule has 0 saturated heterocycles. The van der Waals surface area contributed by atoms with Gasteiger partial charge in [-0.2, -0.15) is 13.2 Å². The first-order chi connectivity index (χ1) is 10.4. The number of alkyl halides is 3. The lowest BCUT2D eigenvalue weighted by atomic mass is 10.1. The highest BCUT2D eigenvalue weighted by Gasteiger charge is 2.32. The topological polar surface area (TPSA) is 66.9 Å². The minimum Gasteiger partial charge on any atom is -0.331 e. The van der Waals surface area contributed by atoms with Crippen LogP contribution in [0.3, 0.4) is 0 Å². The molecule has 8 heteroatoms. The minimum atomic E-state index is -4.56. The molecule has 2 aromatic rings. The molecule has 0 bridgehead atoms. The van der Waals surface area contributed by atoms with E-state index in [1.807, 2.05) is 0 Å². The smallest absolute Gasteiger partial charge is 0.331 e. The van der Waals surface area contributed by atoms with Crippen LogP contribution in [0.4, 0.5) is 23.8 Å². The molecule has 0 spiro atoms. The van der Waals surface area contributed by atoms with Crippen LogP contribution in [0.1, 0.15) is 24.2 Å². The van der Waals surface area contributed by atoms with Crippen molar-refractivity contribution in [2.24, 2.45) is 0 Å². The number of nitrogens with one attached hydrogen (secondary N) is 2. The van der Waals surface area contributed by atoms with Crippen LogP contribution in [0.5, 0.6) is 0 Å². The number of rotatable bonds is 3. The normalized spacial score (nSPS) is 12.5. The zero-order valence-electron chi connectivity index (χ0n) is 11.6. The van der Waals surface area contributed by atoms with Gasteiger partial charge in [0.25, 0.3) is 0 Å². The van der Waals surface area contributed by atoms with Gasteiger partial charge in [0.1, 0.15) is 11.5 Å². The Morgan fingerprint density at radius 1 is 1.23 bits per heavy atom. The van der Waals surface area contributed by atoms with Gasteiger partial charge in [0.15, 0.2) is 0 Å². The summed E-state index contributed by atoms with van der Waals surface area (Å²) in [7, 11) is 0. The second-order valence-electron chi connectivity index (χ2n) is 4.51. The lowest BCUT2D eigenvalue weighted by Crippen LogP contribution is -2.31. The maximum absolute atomic E-state index is 12.5. The van der Waals surface area contributed by atoms with Crippen LogP contribution in [-0.2, 0) is 6.18 Å². The molecule has 0 aliphatic rings.